The van der Waals surface area contributed by atoms with E-state index >= 15 is 0 Å². The Morgan fingerprint density at radius 3 is 2.53 bits per heavy atom. The van der Waals surface area contributed by atoms with Crippen molar-refractivity contribution in [1.29, 1.82) is 0 Å². The maximum Gasteiger partial charge on any atom is 0.164 e. The molecule has 0 N–H and O–H groups in total. The molecule has 2 rings (SSSR count). The van der Waals surface area contributed by atoms with Crippen LogP contribution in [0.2, 0.25) is 0 Å². The smallest absolute Gasteiger partial charge is 0.164 e. The molecule has 1 heterocycles. The van der Waals surface area contributed by atoms with Gasteiger partial charge in [0.2, 0.25) is 0 Å². The molecule has 1 nitrogen and oxygen atoms in total. The van der Waals surface area contributed by atoms with Gasteiger partial charge in [0, 0.05) is 4.90 Å². The van der Waals surface area contributed by atoms with Gasteiger partial charge in [-0.25, -0.2) is 0 Å². The molecule has 0 amide bonds. The molecule has 1 aromatic carbocycles. The van der Waals surface area contributed by atoms with E-state index < -0.39 is 0 Å². The van der Waals surface area contributed by atoms with Crippen molar-refractivity contribution < 1.29 is 4.42 Å². The van der Waals surface area contributed by atoms with Gasteiger partial charge in [0.1, 0.15) is 0 Å². The molecule has 2 aromatic rings. The van der Waals surface area contributed by atoms with Crippen LogP contribution in [-0.2, 0) is 0 Å². The van der Waals surface area contributed by atoms with Gasteiger partial charge in [-0.2, -0.15) is 0 Å². The second-order valence-corrected chi connectivity index (χ2v) is 4.77. The lowest BCUT2D eigenvalue weighted by Gasteiger charge is -2.10. The monoisotopic (exact) mass is 218 g/mol. The first kappa shape index (κ1) is 10.4. The molecule has 0 aliphatic carbocycles. The summed E-state index contributed by atoms with van der Waals surface area (Å²) in [5, 5.41) is 0.947. The van der Waals surface area contributed by atoms with E-state index in [9.17, 15) is 0 Å². The van der Waals surface area contributed by atoms with Gasteiger partial charge >= 0.3 is 0 Å². The Hall–Kier alpha value is -1.15. The summed E-state index contributed by atoms with van der Waals surface area (Å²) in [5.41, 5.74) is 1.37. The maximum atomic E-state index is 5.34. The molecule has 0 spiro atoms. The molecule has 2 heteroatoms. The van der Waals surface area contributed by atoms with Gasteiger partial charge in [-0.05, 0) is 29.7 Å². The SMILES string of the molecule is CC(C)c1ccccc1Sc1ccco1. The Morgan fingerprint density at radius 1 is 1.07 bits per heavy atom. The van der Waals surface area contributed by atoms with Gasteiger partial charge in [0.05, 0.1) is 6.26 Å². The molecule has 0 saturated carbocycles. The second kappa shape index (κ2) is 4.58. The fourth-order valence-electron chi connectivity index (χ4n) is 1.48. The highest BCUT2D eigenvalue weighted by molar-refractivity contribution is 7.99. The van der Waals surface area contributed by atoms with E-state index in [-0.39, 0.29) is 0 Å². The zero-order valence-electron chi connectivity index (χ0n) is 8.94. The van der Waals surface area contributed by atoms with Crippen molar-refractivity contribution >= 4 is 11.8 Å². The average Bonchev–Trinajstić information content (AvgIpc) is 2.71. The number of benzene rings is 1. The van der Waals surface area contributed by atoms with Gasteiger partial charge in [0.25, 0.3) is 0 Å². The van der Waals surface area contributed by atoms with E-state index in [1.165, 1.54) is 10.5 Å². The third kappa shape index (κ3) is 2.45. The first-order valence-electron chi connectivity index (χ1n) is 5.07. The quantitative estimate of drug-likeness (QED) is 0.749. The van der Waals surface area contributed by atoms with E-state index in [1.54, 1.807) is 18.0 Å². The summed E-state index contributed by atoms with van der Waals surface area (Å²) in [5.74, 6) is 0.545. The van der Waals surface area contributed by atoms with Crippen LogP contribution < -0.4 is 0 Å². The van der Waals surface area contributed by atoms with Crippen molar-refractivity contribution in [3.05, 3.63) is 48.2 Å². The van der Waals surface area contributed by atoms with Crippen molar-refractivity contribution in [3.63, 3.8) is 0 Å². The zero-order chi connectivity index (χ0) is 10.7. The average molecular weight is 218 g/mol. The Kier molecular flexibility index (Phi) is 3.17. The molecular weight excluding hydrogens is 204 g/mol. The highest BCUT2D eigenvalue weighted by Gasteiger charge is 2.07. The Labute approximate surface area is 94.5 Å². The molecule has 0 saturated heterocycles. The molecule has 0 aliphatic heterocycles. The largest absolute Gasteiger partial charge is 0.458 e. The summed E-state index contributed by atoms with van der Waals surface area (Å²) in [6.45, 7) is 4.42. The highest BCUT2D eigenvalue weighted by Crippen LogP contribution is 2.33. The van der Waals surface area contributed by atoms with Crippen molar-refractivity contribution in [3.8, 4) is 0 Å². The topological polar surface area (TPSA) is 13.1 Å². The zero-order valence-corrected chi connectivity index (χ0v) is 9.75. The van der Waals surface area contributed by atoms with Gasteiger partial charge in [-0.15, -0.1) is 0 Å². The molecule has 0 aliphatic rings. The third-order valence-electron chi connectivity index (χ3n) is 2.25. The van der Waals surface area contributed by atoms with Crippen LogP contribution in [0.15, 0.2) is 57.1 Å². The molecule has 0 radical (unpaired) electrons. The number of rotatable bonds is 3. The molecule has 0 atom stereocenters. The van der Waals surface area contributed by atoms with Crippen LogP contribution in [0, 0.1) is 0 Å². The van der Waals surface area contributed by atoms with Gasteiger partial charge in [-0.3, -0.25) is 0 Å². The van der Waals surface area contributed by atoms with E-state index in [2.05, 4.69) is 38.1 Å². The predicted octanol–water partition coefficient (Wildman–Crippen LogP) is 4.55. The summed E-state index contributed by atoms with van der Waals surface area (Å²) < 4.78 is 5.34. The summed E-state index contributed by atoms with van der Waals surface area (Å²) in [4.78, 5) is 1.28. The molecule has 15 heavy (non-hydrogen) atoms. The van der Waals surface area contributed by atoms with Crippen LogP contribution in [0.3, 0.4) is 0 Å². The first-order valence-corrected chi connectivity index (χ1v) is 5.89. The molecule has 78 valence electrons. The molecular formula is C13H14OS. The van der Waals surface area contributed by atoms with Crippen molar-refractivity contribution in [2.45, 2.75) is 29.8 Å². The van der Waals surface area contributed by atoms with E-state index in [1.807, 2.05) is 12.1 Å². The molecule has 1 aromatic heterocycles. The van der Waals surface area contributed by atoms with Crippen LogP contribution in [0.5, 0.6) is 0 Å². The second-order valence-electron chi connectivity index (χ2n) is 3.73. The van der Waals surface area contributed by atoms with Crippen LogP contribution >= 0.6 is 11.8 Å². The summed E-state index contributed by atoms with van der Waals surface area (Å²) in [7, 11) is 0. The normalized spacial score (nSPS) is 10.9. The summed E-state index contributed by atoms with van der Waals surface area (Å²) >= 11 is 1.68. The van der Waals surface area contributed by atoms with Crippen LogP contribution in [0.25, 0.3) is 0 Å². The van der Waals surface area contributed by atoms with Crippen LogP contribution in [0.1, 0.15) is 25.3 Å². The minimum absolute atomic E-state index is 0.545. The fraction of sp³-hybridized carbons (Fsp3) is 0.231. The fourth-order valence-corrected chi connectivity index (χ4v) is 2.52. The third-order valence-corrected chi connectivity index (χ3v) is 3.27. The predicted molar refractivity (Wildman–Crippen MR) is 63.4 cm³/mol. The summed E-state index contributed by atoms with van der Waals surface area (Å²) in [6, 6.07) is 12.4. The summed E-state index contributed by atoms with van der Waals surface area (Å²) in [6.07, 6.45) is 1.71. The van der Waals surface area contributed by atoms with Crippen molar-refractivity contribution in [2.75, 3.05) is 0 Å². The van der Waals surface area contributed by atoms with Gasteiger partial charge < -0.3 is 4.42 Å². The maximum absolute atomic E-state index is 5.34. The van der Waals surface area contributed by atoms with Crippen LogP contribution in [0.4, 0.5) is 0 Å². The first-order chi connectivity index (χ1) is 7.27. The number of hydrogen-bond donors (Lipinski definition) is 0. The highest BCUT2D eigenvalue weighted by atomic mass is 32.2. The Morgan fingerprint density at radius 2 is 1.87 bits per heavy atom. The Balaban J connectivity index is 2.28. The lowest BCUT2D eigenvalue weighted by molar-refractivity contribution is 0.474. The van der Waals surface area contributed by atoms with Gasteiger partial charge in [-0.1, -0.05) is 43.8 Å². The minimum atomic E-state index is 0.545. The lowest BCUT2D eigenvalue weighted by Crippen LogP contribution is -1.89. The minimum Gasteiger partial charge on any atom is -0.458 e. The molecule has 0 unspecified atom stereocenters. The van der Waals surface area contributed by atoms with Crippen LogP contribution in [-0.4, -0.2) is 0 Å². The molecule has 0 fully saturated rings. The van der Waals surface area contributed by atoms with Crippen molar-refractivity contribution in [2.24, 2.45) is 0 Å². The van der Waals surface area contributed by atoms with E-state index in [0.717, 1.165) is 5.09 Å². The molecule has 0 bridgehead atoms. The van der Waals surface area contributed by atoms with E-state index in [4.69, 9.17) is 4.42 Å². The Bertz CT molecular complexity index is 418. The standard InChI is InChI=1S/C13H14OS/c1-10(2)11-6-3-4-7-12(11)15-13-8-5-9-14-13/h3-10H,1-2H3. The lowest BCUT2D eigenvalue weighted by atomic mass is 10.0. The van der Waals surface area contributed by atoms with E-state index in [0.29, 0.717) is 5.92 Å². The number of furan rings is 1. The van der Waals surface area contributed by atoms with Gasteiger partial charge in [0.15, 0.2) is 5.09 Å². The van der Waals surface area contributed by atoms with Crippen molar-refractivity contribution in [1.82, 2.24) is 0 Å². The number of hydrogen-bond acceptors (Lipinski definition) is 2.